The molecule has 2 aromatic rings. The molecule has 3 rings (SSSR count). The summed E-state index contributed by atoms with van der Waals surface area (Å²) in [6.45, 7) is 2.54. The van der Waals surface area contributed by atoms with Gasteiger partial charge in [-0.25, -0.2) is 4.98 Å². The number of aliphatic carboxylic acids is 1. The summed E-state index contributed by atoms with van der Waals surface area (Å²) in [5.41, 5.74) is 1.22. The molecule has 1 aliphatic carbocycles. The number of ether oxygens (including phenoxy) is 1. The molecule has 1 aromatic heterocycles. The van der Waals surface area contributed by atoms with Crippen molar-refractivity contribution in [3.8, 4) is 5.75 Å². The Morgan fingerprint density at radius 2 is 2.00 bits per heavy atom. The van der Waals surface area contributed by atoms with Crippen molar-refractivity contribution in [3.63, 3.8) is 0 Å². The maximum Gasteiger partial charge on any atom is 0.306 e. The van der Waals surface area contributed by atoms with Gasteiger partial charge in [0.15, 0.2) is 0 Å². The molecule has 1 saturated carbocycles. The molecule has 1 fully saturated rings. The lowest BCUT2D eigenvalue weighted by atomic mass is 9.82. The first-order valence-electron chi connectivity index (χ1n) is 11.2. The molecule has 34 heavy (non-hydrogen) atoms. The van der Waals surface area contributed by atoms with Gasteiger partial charge in [0.25, 0.3) is 5.91 Å². The second kappa shape index (κ2) is 12.4. The van der Waals surface area contributed by atoms with Gasteiger partial charge in [0.05, 0.1) is 29.2 Å². The fourth-order valence-corrected chi connectivity index (χ4v) is 4.65. The predicted octanol–water partition coefficient (Wildman–Crippen LogP) is 4.66. The lowest BCUT2D eigenvalue weighted by Crippen LogP contribution is -2.32. The van der Waals surface area contributed by atoms with E-state index in [0.29, 0.717) is 41.5 Å². The van der Waals surface area contributed by atoms with Gasteiger partial charge in [-0.3, -0.25) is 9.59 Å². The summed E-state index contributed by atoms with van der Waals surface area (Å²) in [4.78, 5) is 28.0. The number of aliphatic hydroxyl groups excluding tert-OH is 1. The number of rotatable bonds is 10. The molecule has 1 aromatic carbocycles. The number of aliphatic hydroxyl groups is 1. The molecule has 1 atom stereocenters. The van der Waals surface area contributed by atoms with E-state index in [1.54, 1.807) is 6.07 Å². The lowest BCUT2D eigenvalue weighted by molar-refractivity contribution is -0.143. The highest BCUT2D eigenvalue weighted by Crippen LogP contribution is 2.32. The van der Waals surface area contributed by atoms with E-state index >= 15 is 0 Å². The van der Waals surface area contributed by atoms with Crippen molar-refractivity contribution in [2.24, 2.45) is 11.8 Å². The molecule has 0 radical (unpaired) electrons. The number of carbonyl (C=O) groups excluding carboxylic acids is 1. The number of hydrogen-bond acceptors (Lipinski definition) is 6. The first kappa shape index (κ1) is 26.2. The maximum absolute atomic E-state index is 12.6. The van der Waals surface area contributed by atoms with Crippen LogP contribution in [0, 0.1) is 11.8 Å². The third kappa shape index (κ3) is 7.07. The zero-order chi connectivity index (χ0) is 24.7. The zero-order valence-corrected chi connectivity index (χ0v) is 21.2. The fraction of sp³-hybridized carbons (Fsp3) is 0.458. The van der Waals surface area contributed by atoms with Gasteiger partial charge < -0.3 is 25.6 Å². The third-order valence-corrected chi connectivity index (χ3v) is 6.77. The molecule has 4 N–H and O–H groups in total. The molecule has 1 aliphatic rings. The van der Waals surface area contributed by atoms with Crippen LogP contribution in [-0.4, -0.2) is 46.8 Å². The van der Waals surface area contributed by atoms with Crippen LogP contribution in [0.4, 0.5) is 5.82 Å². The number of amides is 1. The SMILES string of the molecule is C[C@H](Nc1ncc(C(=O)NCC2CCC(C(=O)O)CC2)cc1Cl)c1cc(Br)ccc1OCCO. The van der Waals surface area contributed by atoms with Gasteiger partial charge in [0, 0.05) is 22.8 Å². The average Bonchev–Trinajstić information content (AvgIpc) is 2.83. The standard InChI is InChI=1S/C24H29BrClN3O5/c1-14(19-11-18(25)6-7-21(19)34-9-8-30)29-22-20(26)10-17(13-27-22)23(31)28-12-15-2-4-16(5-3-15)24(32)33/h6-7,10-11,13-16,30H,2-5,8-9,12H2,1H3,(H,27,29)(H,28,31)(H,32,33)/t14-,15?,16?/m0/s1. The highest BCUT2D eigenvalue weighted by Gasteiger charge is 2.26. The Kier molecular flexibility index (Phi) is 9.55. The van der Waals surface area contributed by atoms with E-state index in [1.165, 1.54) is 6.20 Å². The molecule has 0 saturated heterocycles. The molecular formula is C24H29BrClN3O5. The molecule has 1 heterocycles. The number of hydrogen-bond donors (Lipinski definition) is 4. The minimum Gasteiger partial charge on any atom is -0.491 e. The Morgan fingerprint density at radius 3 is 2.65 bits per heavy atom. The van der Waals surface area contributed by atoms with Crippen LogP contribution in [0.1, 0.15) is 54.6 Å². The average molecular weight is 555 g/mol. The number of carboxylic acids is 1. The topological polar surface area (TPSA) is 121 Å². The van der Waals surface area contributed by atoms with Gasteiger partial charge >= 0.3 is 5.97 Å². The number of halogens is 2. The van der Waals surface area contributed by atoms with Gasteiger partial charge in [0.2, 0.25) is 0 Å². The lowest BCUT2D eigenvalue weighted by Gasteiger charge is -2.26. The van der Waals surface area contributed by atoms with E-state index in [9.17, 15) is 9.59 Å². The third-order valence-electron chi connectivity index (χ3n) is 5.99. The zero-order valence-electron chi connectivity index (χ0n) is 18.9. The van der Waals surface area contributed by atoms with Crippen LogP contribution in [0.25, 0.3) is 0 Å². The number of pyridine rings is 1. The molecule has 184 valence electrons. The maximum atomic E-state index is 12.6. The predicted molar refractivity (Wildman–Crippen MR) is 133 cm³/mol. The van der Waals surface area contributed by atoms with Crippen LogP contribution in [0.15, 0.2) is 34.9 Å². The Morgan fingerprint density at radius 1 is 1.26 bits per heavy atom. The van der Waals surface area contributed by atoms with E-state index < -0.39 is 5.97 Å². The van der Waals surface area contributed by atoms with Crippen LogP contribution >= 0.6 is 27.5 Å². The first-order valence-corrected chi connectivity index (χ1v) is 12.4. The first-order chi connectivity index (χ1) is 16.3. The van der Waals surface area contributed by atoms with Crippen molar-refractivity contribution >= 4 is 45.2 Å². The number of benzene rings is 1. The van der Waals surface area contributed by atoms with Crippen molar-refractivity contribution in [3.05, 3.63) is 51.1 Å². The van der Waals surface area contributed by atoms with Gasteiger partial charge in [-0.05, 0) is 62.8 Å². The van der Waals surface area contributed by atoms with Gasteiger partial charge in [0.1, 0.15) is 18.2 Å². The Balaban J connectivity index is 1.59. The second-order valence-corrected chi connectivity index (χ2v) is 9.76. The number of anilines is 1. The van der Waals surface area contributed by atoms with Crippen LogP contribution in [0.3, 0.4) is 0 Å². The van der Waals surface area contributed by atoms with Gasteiger partial charge in [-0.15, -0.1) is 0 Å². The van der Waals surface area contributed by atoms with Crippen molar-refractivity contribution in [2.75, 3.05) is 25.1 Å². The molecule has 0 unspecified atom stereocenters. The number of carbonyl (C=O) groups is 2. The number of aromatic nitrogens is 1. The van der Waals surface area contributed by atoms with Crippen molar-refractivity contribution in [2.45, 2.75) is 38.6 Å². The second-order valence-electron chi connectivity index (χ2n) is 8.44. The molecular weight excluding hydrogens is 526 g/mol. The Hall–Kier alpha value is -2.36. The molecule has 10 heteroatoms. The summed E-state index contributed by atoms with van der Waals surface area (Å²) >= 11 is 9.89. The van der Waals surface area contributed by atoms with E-state index in [2.05, 4.69) is 31.5 Å². The monoisotopic (exact) mass is 553 g/mol. The van der Waals surface area contributed by atoms with Crippen molar-refractivity contribution in [1.29, 1.82) is 0 Å². The summed E-state index contributed by atoms with van der Waals surface area (Å²) in [5, 5.41) is 24.6. The largest absolute Gasteiger partial charge is 0.491 e. The summed E-state index contributed by atoms with van der Waals surface area (Å²) in [5.74, 6) is 0.0811. The molecule has 0 spiro atoms. The summed E-state index contributed by atoms with van der Waals surface area (Å²) in [6, 6.07) is 6.97. The normalized spacial score (nSPS) is 18.7. The van der Waals surface area contributed by atoms with Crippen molar-refractivity contribution < 1.29 is 24.5 Å². The highest BCUT2D eigenvalue weighted by atomic mass is 79.9. The van der Waals surface area contributed by atoms with E-state index in [-0.39, 0.29) is 37.0 Å². The number of nitrogens with one attached hydrogen (secondary N) is 2. The smallest absolute Gasteiger partial charge is 0.306 e. The van der Waals surface area contributed by atoms with Crippen molar-refractivity contribution in [1.82, 2.24) is 10.3 Å². The molecule has 8 nitrogen and oxygen atoms in total. The summed E-state index contributed by atoms with van der Waals surface area (Å²) in [6.07, 6.45) is 4.34. The number of carboxylic acid groups (broad SMARTS) is 1. The summed E-state index contributed by atoms with van der Waals surface area (Å²) in [7, 11) is 0. The minimum atomic E-state index is -0.736. The van der Waals surface area contributed by atoms with Crippen LogP contribution in [0.2, 0.25) is 5.02 Å². The highest BCUT2D eigenvalue weighted by molar-refractivity contribution is 9.10. The Labute approximate surface area is 212 Å². The van der Waals surface area contributed by atoms with Gasteiger partial charge in [-0.1, -0.05) is 27.5 Å². The molecule has 0 bridgehead atoms. The van der Waals surface area contributed by atoms with Crippen LogP contribution < -0.4 is 15.4 Å². The fourth-order valence-electron chi connectivity index (χ4n) is 4.05. The van der Waals surface area contributed by atoms with E-state index in [0.717, 1.165) is 22.9 Å². The minimum absolute atomic E-state index is 0.0855. The quantitative estimate of drug-likeness (QED) is 0.337. The van der Waals surface area contributed by atoms with Gasteiger partial charge in [-0.2, -0.15) is 0 Å². The molecule has 0 aliphatic heterocycles. The number of nitrogens with zero attached hydrogens (tertiary/aromatic N) is 1. The van der Waals surface area contributed by atoms with E-state index in [4.69, 9.17) is 26.6 Å². The Bertz CT molecular complexity index is 1010. The molecule has 1 amide bonds. The summed E-state index contributed by atoms with van der Waals surface area (Å²) < 4.78 is 6.51. The van der Waals surface area contributed by atoms with E-state index in [1.807, 2.05) is 25.1 Å². The van der Waals surface area contributed by atoms with Crippen LogP contribution in [0.5, 0.6) is 5.75 Å². The van der Waals surface area contributed by atoms with Crippen LogP contribution in [-0.2, 0) is 4.79 Å².